The Morgan fingerprint density at radius 3 is 2.82 bits per heavy atom. The van der Waals surface area contributed by atoms with E-state index in [2.05, 4.69) is 5.32 Å². The molecule has 0 spiro atoms. The van der Waals surface area contributed by atoms with Gasteiger partial charge in [0, 0.05) is 29.4 Å². The summed E-state index contributed by atoms with van der Waals surface area (Å²) < 4.78 is 3.54. The van der Waals surface area contributed by atoms with Gasteiger partial charge in [0.05, 0.1) is 5.52 Å². The van der Waals surface area contributed by atoms with Gasteiger partial charge in [0.1, 0.15) is 17.9 Å². The van der Waals surface area contributed by atoms with Crippen molar-refractivity contribution < 1.29 is 4.79 Å². The molecule has 0 atom stereocenters. The van der Waals surface area contributed by atoms with Crippen LogP contribution in [0.2, 0.25) is 5.02 Å². The number of benzene rings is 1. The largest absolute Gasteiger partial charge is 0.330 e. The molecule has 0 fully saturated rings. The molecule has 146 valence electrons. The molecule has 28 heavy (non-hydrogen) atoms. The van der Waals surface area contributed by atoms with E-state index in [0.29, 0.717) is 28.3 Å². The van der Waals surface area contributed by atoms with E-state index in [0.717, 1.165) is 42.8 Å². The van der Waals surface area contributed by atoms with Crippen LogP contribution < -0.4 is 10.9 Å². The van der Waals surface area contributed by atoms with E-state index in [1.807, 2.05) is 32.0 Å². The summed E-state index contributed by atoms with van der Waals surface area (Å²) in [7, 11) is 0. The summed E-state index contributed by atoms with van der Waals surface area (Å²) >= 11 is 6.14. The van der Waals surface area contributed by atoms with Crippen molar-refractivity contribution in [1.82, 2.24) is 14.1 Å². The van der Waals surface area contributed by atoms with Crippen molar-refractivity contribution in [1.29, 1.82) is 0 Å². The van der Waals surface area contributed by atoms with Crippen LogP contribution in [0.3, 0.4) is 0 Å². The smallest absolute Gasteiger partial charge is 0.278 e. The maximum absolute atomic E-state index is 13.1. The van der Waals surface area contributed by atoms with Crippen LogP contribution in [0.4, 0.5) is 5.69 Å². The molecule has 7 heteroatoms. The summed E-state index contributed by atoms with van der Waals surface area (Å²) in [5.41, 5.74) is 3.55. The third-order valence-electron chi connectivity index (χ3n) is 5.33. The molecule has 0 radical (unpaired) electrons. The number of carbonyl (C=O) groups is 1. The molecule has 0 saturated carbocycles. The van der Waals surface area contributed by atoms with Gasteiger partial charge in [0.25, 0.3) is 5.56 Å². The zero-order chi connectivity index (χ0) is 19.8. The number of rotatable bonds is 3. The zero-order valence-electron chi connectivity index (χ0n) is 16.1. The van der Waals surface area contributed by atoms with Crippen molar-refractivity contribution in [2.75, 3.05) is 5.32 Å². The van der Waals surface area contributed by atoms with E-state index in [9.17, 15) is 9.59 Å². The van der Waals surface area contributed by atoms with Crippen molar-refractivity contribution in [2.45, 2.75) is 52.6 Å². The molecule has 0 unspecified atom stereocenters. The van der Waals surface area contributed by atoms with Gasteiger partial charge in [-0.25, -0.2) is 4.98 Å². The molecule has 0 bridgehead atoms. The van der Waals surface area contributed by atoms with Gasteiger partial charge in [-0.05, 0) is 50.5 Å². The fraction of sp³-hybridized carbons (Fsp3) is 0.381. The lowest BCUT2D eigenvalue weighted by molar-refractivity contribution is -0.116. The fourth-order valence-electron chi connectivity index (χ4n) is 3.78. The lowest BCUT2D eigenvalue weighted by atomic mass is 10.2. The maximum atomic E-state index is 13.1. The molecule has 1 amide bonds. The van der Waals surface area contributed by atoms with E-state index >= 15 is 0 Å². The predicted molar refractivity (Wildman–Crippen MR) is 111 cm³/mol. The number of aryl methyl sites for hydroxylation is 3. The average molecular weight is 399 g/mol. The molecule has 1 N–H and O–H groups in total. The Kier molecular flexibility index (Phi) is 4.98. The molecule has 3 aromatic rings. The van der Waals surface area contributed by atoms with E-state index < -0.39 is 0 Å². The van der Waals surface area contributed by atoms with Crippen LogP contribution >= 0.6 is 11.6 Å². The summed E-state index contributed by atoms with van der Waals surface area (Å²) in [6.45, 7) is 4.55. The third-order valence-corrected chi connectivity index (χ3v) is 5.74. The molecule has 0 saturated heterocycles. The zero-order valence-corrected chi connectivity index (χ0v) is 16.8. The molecular weight excluding hydrogens is 376 g/mol. The highest BCUT2D eigenvalue weighted by atomic mass is 35.5. The van der Waals surface area contributed by atoms with Crippen LogP contribution in [0.5, 0.6) is 0 Å². The van der Waals surface area contributed by atoms with Gasteiger partial charge in [0.2, 0.25) is 5.91 Å². The Labute approximate surface area is 168 Å². The maximum Gasteiger partial charge on any atom is 0.278 e. The number of hydrogen-bond donors (Lipinski definition) is 1. The summed E-state index contributed by atoms with van der Waals surface area (Å²) in [5, 5.41) is 3.46. The average Bonchev–Trinajstić information content (AvgIpc) is 2.82. The van der Waals surface area contributed by atoms with Crippen molar-refractivity contribution in [3.8, 4) is 0 Å². The molecule has 4 rings (SSSR count). The number of aromatic nitrogens is 3. The van der Waals surface area contributed by atoms with Gasteiger partial charge in [-0.3, -0.25) is 14.2 Å². The highest BCUT2D eigenvalue weighted by Crippen LogP contribution is 2.21. The minimum absolute atomic E-state index is 0.0527. The first-order valence-electron chi connectivity index (χ1n) is 9.59. The second kappa shape index (κ2) is 7.43. The monoisotopic (exact) mass is 398 g/mol. The second-order valence-electron chi connectivity index (χ2n) is 7.41. The Hall–Kier alpha value is -2.60. The summed E-state index contributed by atoms with van der Waals surface area (Å²) in [6, 6.07) is 7.29. The quantitative estimate of drug-likeness (QED) is 0.728. The van der Waals surface area contributed by atoms with Crippen molar-refractivity contribution in [3.05, 3.63) is 56.7 Å². The van der Waals surface area contributed by atoms with Crippen LogP contribution in [0.25, 0.3) is 11.0 Å². The number of nitrogens with zero attached hydrogens (tertiary/aromatic N) is 3. The van der Waals surface area contributed by atoms with Gasteiger partial charge in [-0.15, -0.1) is 0 Å². The molecule has 2 aromatic heterocycles. The second-order valence-corrected chi connectivity index (χ2v) is 7.82. The SMILES string of the molecule is Cc1ccc(NC(=O)Cn2c(C)cc3nc4n(c(=O)c32)CCCCC4)cc1Cl. The molecule has 1 aliphatic rings. The molecule has 6 nitrogen and oxygen atoms in total. The summed E-state index contributed by atoms with van der Waals surface area (Å²) in [4.78, 5) is 30.5. The van der Waals surface area contributed by atoms with Gasteiger partial charge < -0.3 is 9.88 Å². The highest BCUT2D eigenvalue weighted by Gasteiger charge is 2.19. The van der Waals surface area contributed by atoms with E-state index in [1.54, 1.807) is 15.2 Å². The van der Waals surface area contributed by atoms with E-state index in [-0.39, 0.29) is 18.0 Å². The van der Waals surface area contributed by atoms with Crippen LogP contribution in [0.1, 0.15) is 36.3 Å². The minimum atomic E-state index is -0.208. The number of carbonyl (C=O) groups excluding carboxylic acids is 1. The van der Waals surface area contributed by atoms with Crippen molar-refractivity contribution >= 4 is 34.2 Å². The van der Waals surface area contributed by atoms with Crippen LogP contribution in [-0.4, -0.2) is 20.0 Å². The first kappa shape index (κ1) is 18.7. The fourth-order valence-corrected chi connectivity index (χ4v) is 3.96. The van der Waals surface area contributed by atoms with E-state index in [1.165, 1.54) is 0 Å². The lowest BCUT2D eigenvalue weighted by Gasteiger charge is -2.12. The van der Waals surface area contributed by atoms with Gasteiger partial charge in [-0.1, -0.05) is 24.1 Å². The number of anilines is 1. The predicted octanol–water partition coefficient (Wildman–Crippen LogP) is 3.83. The molecule has 1 aromatic carbocycles. The third kappa shape index (κ3) is 3.44. The normalized spacial score (nSPS) is 14.0. The topological polar surface area (TPSA) is 68.9 Å². The first-order chi connectivity index (χ1) is 13.4. The van der Waals surface area contributed by atoms with Crippen molar-refractivity contribution in [3.63, 3.8) is 0 Å². The number of hydrogen-bond acceptors (Lipinski definition) is 3. The van der Waals surface area contributed by atoms with Gasteiger partial charge in [0.15, 0.2) is 0 Å². The standard InChI is InChI=1S/C21H23ClN4O2/c1-13-7-8-15(11-16(13)22)23-19(27)12-26-14(2)10-17-20(26)21(28)25-9-5-3-4-6-18(25)24-17/h7-8,10-11H,3-6,9,12H2,1-2H3,(H,23,27). The Balaban J connectivity index is 1.67. The Morgan fingerprint density at radius 2 is 2.04 bits per heavy atom. The van der Waals surface area contributed by atoms with Crippen LogP contribution in [0, 0.1) is 13.8 Å². The van der Waals surface area contributed by atoms with Gasteiger partial charge in [-0.2, -0.15) is 0 Å². The first-order valence-corrected chi connectivity index (χ1v) is 9.97. The Morgan fingerprint density at radius 1 is 1.21 bits per heavy atom. The van der Waals surface area contributed by atoms with E-state index in [4.69, 9.17) is 16.6 Å². The summed E-state index contributed by atoms with van der Waals surface area (Å²) in [5.74, 6) is 0.644. The number of amides is 1. The number of nitrogens with one attached hydrogen (secondary N) is 1. The number of fused-ring (bicyclic) bond motifs is 2. The number of halogens is 1. The minimum Gasteiger partial charge on any atom is -0.330 e. The van der Waals surface area contributed by atoms with Crippen LogP contribution in [0.15, 0.2) is 29.1 Å². The molecule has 3 heterocycles. The van der Waals surface area contributed by atoms with Crippen molar-refractivity contribution in [2.24, 2.45) is 0 Å². The van der Waals surface area contributed by atoms with Gasteiger partial charge >= 0.3 is 0 Å². The lowest BCUT2D eigenvalue weighted by Crippen LogP contribution is -2.28. The Bertz CT molecular complexity index is 1130. The molecule has 1 aliphatic heterocycles. The molecule has 0 aliphatic carbocycles. The molecular formula is C21H23ClN4O2. The van der Waals surface area contributed by atoms with Crippen LogP contribution in [-0.2, 0) is 24.3 Å². The summed E-state index contributed by atoms with van der Waals surface area (Å²) in [6.07, 6.45) is 3.96. The highest BCUT2D eigenvalue weighted by molar-refractivity contribution is 6.31.